The predicted octanol–water partition coefficient (Wildman–Crippen LogP) is 3.68. The molecule has 4 heteroatoms. The number of carbonyl (C=O) groups excluding carboxylic acids is 1. The lowest BCUT2D eigenvalue weighted by Crippen LogP contribution is -2.24. The van der Waals surface area contributed by atoms with Crippen molar-refractivity contribution in [2.24, 2.45) is 0 Å². The Morgan fingerprint density at radius 2 is 1.95 bits per heavy atom. The maximum atomic E-state index is 13.7. The van der Waals surface area contributed by atoms with Crippen molar-refractivity contribution in [2.45, 2.75) is 18.8 Å². The number of hydrogen-bond donors (Lipinski definition) is 1. The van der Waals surface area contributed by atoms with E-state index in [0.29, 0.717) is 13.0 Å². The summed E-state index contributed by atoms with van der Waals surface area (Å²) >= 11 is 0. The Hall–Kier alpha value is -2.23. The zero-order valence-electron chi connectivity index (χ0n) is 11.4. The molecule has 1 unspecified atom stereocenters. The molecular formula is C17H15F2NO. The van der Waals surface area contributed by atoms with Gasteiger partial charge in [-0.15, -0.1) is 0 Å². The molecule has 0 amide bonds. The van der Waals surface area contributed by atoms with Crippen LogP contribution in [0.3, 0.4) is 0 Å². The number of fused-ring (bicyclic) bond motifs is 1. The third-order valence-corrected chi connectivity index (χ3v) is 3.87. The topological polar surface area (TPSA) is 29.1 Å². The molecule has 1 atom stereocenters. The van der Waals surface area contributed by atoms with Crippen molar-refractivity contribution in [3.63, 3.8) is 0 Å². The Bertz CT molecular complexity index is 684. The maximum absolute atomic E-state index is 13.7. The minimum Gasteiger partial charge on any atom is -0.385 e. The van der Waals surface area contributed by atoms with Crippen LogP contribution in [0, 0.1) is 11.6 Å². The molecule has 1 aliphatic heterocycles. The van der Waals surface area contributed by atoms with Crippen molar-refractivity contribution in [3.05, 3.63) is 65.2 Å². The van der Waals surface area contributed by atoms with Gasteiger partial charge in [0.15, 0.2) is 11.6 Å². The van der Waals surface area contributed by atoms with Gasteiger partial charge in [-0.25, -0.2) is 8.78 Å². The summed E-state index contributed by atoms with van der Waals surface area (Å²) in [6.45, 7) is 0.707. The van der Waals surface area contributed by atoms with Crippen molar-refractivity contribution in [1.29, 1.82) is 0 Å². The molecular weight excluding hydrogens is 272 g/mol. The number of hydrogen-bond acceptors (Lipinski definition) is 2. The molecule has 2 aromatic rings. The van der Waals surface area contributed by atoms with Gasteiger partial charge >= 0.3 is 0 Å². The quantitative estimate of drug-likeness (QED) is 0.933. The van der Waals surface area contributed by atoms with Crippen LogP contribution in [0.15, 0.2) is 42.5 Å². The SMILES string of the molecule is O=C(Cc1cccc(F)c1F)C1CCNc2ccccc21. The Morgan fingerprint density at radius 1 is 1.14 bits per heavy atom. The highest BCUT2D eigenvalue weighted by Gasteiger charge is 2.26. The summed E-state index contributed by atoms with van der Waals surface area (Å²) < 4.78 is 26.9. The highest BCUT2D eigenvalue weighted by atomic mass is 19.2. The number of rotatable bonds is 3. The summed E-state index contributed by atoms with van der Waals surface area (Å²) in [6, 6.07) is 11.6. The lowest BCUT2D eigenvalue weighted by molar-refractivity contribution is -0.120. The van der Waals surface area contributed by atoms with Crippen molar-refractivity contribution in [2.75, 3.05) is 11.9 Å². The van der Waals surface area contributed by atoms with E-state index in [2.05, 4.69) is 5.32 Å². The van der Waals surface area contributed by atoms with E-state index < -0.39 is 11.6 Å². The third-order valence-electron chi connectivity index (χ3n) is 3.87. The summed E-state index contributed by atoms with van der Waals surface area (Å²) in [5, 5.41) is 3.25. The first-order valence-electron chi connectivity index (χ1n) is 6.95. The van der Waals surface area contributed by atoms with Crippen molar-refractivity contribution in [1.82, 2.24) is 0 Å². The molecule has 0 aromatic heterocycles. The van der Waals surface area contributed by atoms with Crippen molar-refractivity contribution < 1.29 is 13.6 Å². The highest BCUT2D eigenvalue weighted by Crippen LogP contribution is 2.32. The number of carbonyl (C=O) groups is 1. The molecule has 21 heavy (non-hydrogen) atoms. The van der Waals surface area contributed by atoms with Gasteiger partial charge in [0.2, 0.25) is 0 Å². The van der Waals surface area contributed by atoms with Gasteiger partial charge in [-0.2, -0.15) is 0 Å². The second-order valence-corrected chi connectivity index (χ2v) is 5.21. The molecule has 0 saturated heterocycles. The fourth-order valence-electron chi connectivity index (χ4n) is 2.80. The highest BCUT2D eigenvalue weighted by molar-refractivity contribution is 5.89. The minimum absolute atomic E-state index is 0.0755. The van der Waals surface area contributed by atoms with Gasteiger partial charge in [0.05, 0.1) is 0 Å². The molecule has 0 aliphatic carbocycles. The predicted molar refractivity (Wildman–Crippen MR) is 77.4 cm³/mol. The van der Waals surface area contributed by atoms with Crippen LogP contribution in [0.25, 0.3) is 0 Å². The number of para-hydroxylation sites is 1. The van der Waals surface area contributed by atoms with Gasteiger partial charge in [-0.1, -0.05) is 30.3 Å². The molecule has 0 fully saturated rings. The summed E-state index contributed by atoms with van der Waals surface area (Å²) in [6.07, 6.45) is 0.593. The molecule has 0 bridgehead atoms. The standard InChI is InChI=1S/C17H15F2NO/c18-14-6-3-4-11(17(14)19)10-16(21)13-8-9-20-15-7-2-1-5-12(13)15/h1-7,13,20H,8-10H2. The first-order valence-corrected chi connectivity index (χ1v) is 6.95. The van der Waals surface area contributed by atoms with Crippen LogP contribution in [-0.2, 0) is 11.2 Å². The lowest BCUT2D eigenvalue weighted by atomic mass is 9.85. The number of benzene rings is 2. The average Bonchev–Trinajstić information content (AvgIpc) is 2.51. The van der Waals surface area contributed by atoms with E-state index in [4.69, 9.17) is 0 Å². The normalized spacial score (nSPS) is 17.0. The second-order valence-electron chi connectivity index (χ2n) is 5.21. The molecule has 2 nitrogen and oxygen atoms in total. The molecule has 0 saturated carbocycles. The van der Waals surface area contributed by atoms with Gasteiger partial charge in [0.25, 0.3) is 0 Å². The fraction of sp³-hybridized carbons (Fsp3) is 0.235. The van der Waals surface area contributed by atoms with Crippen LogP contribution in [-0.4, -0.2) is 12.3 Å². The molecule has 1 heterocycles. The van der Waals surface area contributed by atoms with Crippen molar-refractivity contribution >= 4 is 11.5 Å². The average molecular weight is 287 g/mol. The van der Waals surface area contributed by atoms with Gasteiger partial charge < -0.3 is 5.32 Å². The molecule has 1 aliphatic rings. The zero-order valence-corrected chi connectivity index (χ0v) is 11.4. The number of nitrogens with one attached hydrogen (secondary N) is 1. The van der Waals surface area contributed by atoms with Gasteiger partial charge in [-0.05, 0) is 29.7 Å². The van der Waals surface area contributed by atoms with E-state index in [1.165, 1.54) is 12.1 Å². The molecule has 108 valence electrons. The lowest BCUT2D eigenvalue weighted by Gasteiger charge is -2.25. The van der Waals surface area contributed by atoms with Gasteiger partial charge in [-0.3, -0.25) is 4.79 Å². The number of anilines is 1. The van der Waals surface area contributed by atoms with E-state index in [1.54, 1.807) is 0 Å². The van der Waals surface area contributed by atoms with E-state index in [0.717, 1.165) is 17.3 Å². The van der Waals surface area contributed by atoms with Crippen LogP contribution >= 0.6 is 0 Å². The first-order chi connectivity index (χ1) is 10.2. The van der Waals surface area contributed by atoms with Crippen LogP contribution < -0.4 is 5.32 Å². The van der Waals surface area contributed by atoms with Crippen molar-refractivity contribution in [3.8, 4) is 0 Å². The summed E-state index contributed by atoms with van der Waals surface area (Å²) in [5.41, 5.74) is 2.00. The molecule has 2 aromatic carbocycles. The summed E-state index contributed by atoms with van der Waals surface area (Å²) in [7, 11) is 0. The fourth-order valence-corrected chi connectivity index (χ4v) is 2.80. The molecule has 0 radical (unpaired) electrons. The van der Waals surface area contributed by atoms with Crippen LogP contribution in [0.4, 0.5) is 14.5 Å². The van der Waals surface area contributed by atoms with E-state index in [1.807, 2.05) is 24.3 Å². The Labute approximate surface area is 121 Å². The van der Waals surface area contributed by atoms with Crippen LogP contribution in [0.2, 0.25) is 0 Å². The molecule has 3 rings (SSSR count). The molecule has 0 spiro atoms. The van der Waals surface area contributed by atoms with E-state index in [-0.39, 0.29) is 23.7 Å². The first kappa shape index (κ1) is 13.7. The van der Waals surface area contributed by atoms with E-state index >= 15 is 0 Å². The largest absolute Gasteiger partial charge is 0.385 e. The smallest absolute Gasteiger partial charge is 0.162 e. The maximum Gasteiger partial charge on any atom is 0.162 e. The van der Waals surface area contributed by atoms with Crippen LogP contribution in [0.5, 0.6) is 0 Å². The third kappa shape index (κ3) is 2.66. The number of Topliss-reactive ketones (excluding diaryl/α,β-unsaturated/α-hetero) is 1. The second kappa shape index (κ2) is 5.64. The number of ketones is 1. The zero-order chi connectivity index (χ0) is 14.8. The Morgan fingerprint density at radius 3 is 2.81 bits per heavy atom. The molecule has 1 N–H and O–H groups in total. The van der Waals surface area contributed by atoms with Gasteiger partial charge in [0.1, 0.15) is 5.78 Å². The summed E-state index contributed by atoms with van der Waals surface area (Å²) in [5.74, 6) is -2.17. The van der Waals surface area contributed by atoms with Crippen LogP contribution in [0.1, 0.15) is 23.5 Å². The minimum atomic E-state index is -0.923. The summed E-state index contributed by atoms with van der Waals surface area (Å²) in [4.78, 5) is 12.5. The Kier molecular flexibility index (Phi) is 3.69. The van der Waals surface area contributed by atoms with E-state index in [9.17, 15) is 13.6 Å². The monoisotopic (exact) mass is 287 g/mol. The van der Waals surface area contributed by atoms with Gasteiger partial charge in [0, 0.05) is 24.6 Å². The Balaban J connectivity index is 1.85. The number of halogens is 2.